The van der Waals surface area contributed by atoms with Crippen LogP contribution in [0.1, 0.15) is 5.56 Å². The first-order chi connectivity index (χ1) is 10.8. The van der Waals surface area contributed by atoms with Crippen LogP contribution in [0.2, 0.25) is 0 Å². The molecule has 108 valence electrons. The van der Waals surface area contributed by atoms with E-state index in [0.29, 0.717) is 0 Å². The summed E-state index contributed by atoms with van der Waals surface area (Å²) in [6.45, 7) is 0. The van der Waals surface area contributed by atoms with Gasteiger partial charge in [-0.3, -0.25) is 0 Å². The maximum atomic E-state index is 4.66. The standard InChI is InChI=1S/C19H15BrN2/c20-17-13-11-16(12-14-17)15-21-22(18-7-3-1-4-8-18)19-9-5-2-6-10-19/h1-15H/b21-15-. The van der Waals surface area contributed by atoms with Crippen molar-refractivity contribution in [3.05, 3.63) is 95.0 Å². The zero-order valence-electron chi connectivity index (χ0n) is 11.9. The first-order valence-electron chi connectivity index (χ1n) is 7.03. The van der Waals surface area contributed by atoms with E-state index >= 15 is 0 Å². The Bertz CT molecular complexity index is 698. The molecular formula is C19H15BrN2. The van der Waals surface area contributed by atoms with Crippen LogP contribution in [0.5, 0.6) is 0 Å². The smallest absolute Gasteiger partial charge is 0.0652 e. The average molecular weight is 351 g/mol. The molecule has 3 rings (SSSR count). The number of hydrogen-bond donors (Lipinski definition) is 0. The van der Waals surface area contributed by atoms with Crippen LogP contribution in [0.4, 0.5) is 11.4 Å². The lowest BCUT2D eigenvalue weighted by molar-refractivity contribution is 1.09. The van der Waals surface area contributed by atoms with Gasteiger partial charge >= 0.3 is 0 Å². The van der Waals surface area contributed by atoms with Gasteiger partial charge in [-0.2, -0.15) is 5.10 Å². The summed E-state index contributed by atoms with van der Waals surface area (Å²) in [5.74, 6) is 0. The maximum absolute atomic E-state index is 4.66. The highest BCUT2D eigenvalue weighted by atomic mass is 79.9. The molecule has 3 aromatic rings. The number of rotatable bonds is 4. The van der Waals surface area contributed by atoms with Crippen molar-refractivity contribution in [3.8, 4) is 0 Å². The van der Waals surface area contributed by atoms with Gasteiger partial charge < -0.3 is 0 Å². The molecule has 0 N–H and O–H groups in total. The molecule has 0 aliphatic carbocycles. The molecule has 3 heteroatoms. The Morgan fingerprint density at radius 2 is 1.18 bits per heavy atom. The fraction of sp³-hybridized carbons (Fsp3) is 0. The summed E-state index contributed by atoms with van der Waals surface area (Å²) in [6, 6.07) is 28.3. The highest BCUT2D eigenvalue weighted by molar-refractivity contribution is 9.10. The number of benzene rings is 3. The molecule has 22 heavy (non-hydrogen) atoms. The Kier molecular flexibility index (Phi) is 4.66. The number of halogens is 1. The highest BCUT2D eigenvalue weighted by Gasteiger charge is 2.06. The summed E-state index contributed by atoms with van der Waals surface area (Å²) in [7, 11) is 0. The number of hydrogen-bond acceptors (Lipinski definition) is 2. The van der Waals surface area contributed by atoms with E-state index in [9.17, 15) is 0 Å². The van der Waals surface area contributed by atoms with E-state index in [0.717, 1.165) is 21.4 Å². The Morgan fingerprint density at radius 3 is 1.68 bits per heavy atom. The monoisotopic (exact) mass is 350 g/mol. The molecule has 0 bridgehead atoms. The van der Waals surface area contributed by atoms with Gasteiger partial charge in [-0.05, 0) is 42.0 Å². The van der Waals surface area contributed by atoms with Gasteiger partial charge in [0.2, 0.25) is 0 Å². The lowest BCUT2D eigenvalue weighted by Gasteiger charge is -2.19. The molecule has 0 aromatic heterocycles. The lowest BCUT2D eigenvalue weighted by atomic mass is 10.2. The summed E-state index contributed by atoms with van der Waals surface area (Å²) < 4.78 is 1.06. The van der Waals surface area contributed by atoms with Crippen molar-refractivity contribution in [3.63, 3.8) is 0 Å². The van der Waals surface area contributed by atoms with Gasteiger partial charge in [-0.15, -0.1) is 0 Å². The minimum atomic E-state index is 1.03. The molecule has 0 atom stereocenters. The van der Waals surface area contributed by atoms with E-state index in [4.69, 9.17) is 0 Å². The Hall–Kier alpha value is -2.39. The largest absolute Gasteiger partial charge is 0.234 e. The Balaban J connectivity index is 1.94. The van der Waals surface area contributed by atoms with Gasteiger partial charge in [-0.1, -0.05) is 64.5 Å². The average Bonchev–Trinajstić information content (AvgIpc) is 2.59. The number of nitrogens with zero attached hydrogens (tertiary/aromatic N) is 2. The first-order valence-corrected chi connectivity index (χ1v) is 7.82. The van der Waals surface area contributed by atoms with Crippen molar-refractivity contribution in [1.82, 2.24) is 0 Å². The fourth-order valence-corrected chi connectivity index (χ4v) is 2.36. The van der Waals surface area contributed by atoms with E-state index in [1.807, 2.05) is 96.2 Å². The lowest BCUT2D eigenvalue weighted by Crippen LogP contribution is -2.09. The second-order valence-electron chi connectivity index (χ2n) is 4.78. The van der Waals surface area contributed by atoms with E-state index in [2.05, 4.69) is 21.0 Å². The molecule has 0 aliphatic heterocycles. The summed E-state index contributed by atoms with van der Waals surface area (Å²) in [6.07, 6.45) is 1.87. The van der Waals surface area contributed by atoms with Crippen molar-refractivity contribution in [2.24, 2.45) is 5.10 Å². The molecule has 0 amide bonds. The zero-order valence-corrected chi connectivity index (χ0v) is 13.5. The topological polar surface area (TPSA) is 15.6 Å². The van der Waals surface area contributed by atoms with Crippen molar-refractivity contribution >= 4 is 33.5 Å². The SMILES string of the molecule is Brc1ccc(/C=N\N(c2ccccc2)c2ccccc2)cc1. The second-order valence-corrected chi connectivity index (χ2v) is 5.69. The third-order valence-electron chi connectivity index (χ3n) is 3.19. The molecule has 3 aromatic carbocycles. The summed E-state index contributed by atoms with van der Waals surface area (Å²) in [4.78, 5) is 0. The van der Waals surface area contributed by atoms with Gasteiger partial charge in [0.25, 0.3) is 0 Å². The van der Waals surface area contributed by atoms with Crippen LogP contribution >= 0.6 is 15.9 Å². The van der Waals surface area contributed by atoms with Crippen molar-refractivity contribution in [2.75, 3.05) is 5.01 Å². The van der Waals surface area contributed by atoms with Crippen LogP contribution in [0.25, 0.3) is 0 Å². The van der Waals surface area contributed by atoms with Crippen LogP contribution in [0, 0.1) is 0 Å². The van der Waals surface area contributed by atoms with Crippen molar-refractivity contribution in [2.45, 2.75) is 0 Å². The van der Waals surface area contributed by atoms with Crippen LogP contribution < -0.4 is 5.01 Å². The molecule has 0 unspecified atom stereocenters. The summed E-state index contributed by atoms with van der Waals surface area (Å²) >= 11 is 3.44. The Labute approximate surface area is 138 Å². The third-order valence-corrected chi connectivity index (χ3v) is 3.72. The number of hydrazone groups is 1. The molecular weight excluding hydrogens is 336 g/mol. The molecule has 0 heterocycles. The summed E-state index contributed by atoms with van der Waals surface area (Å²) in [5, 5.41) is 6.59. The predicted molar refractivity (Wildman–Crippen MR) is 96.8 cm³/mol. The minimum absolute atomic E-state index is 1.03. The Morgan fingerprint density at radius 1 is 0.682 bits per heavy atom. The van der Waals surface area contributed by atoms with E-state index in [-0.39, 0.29) is 0 Å². The minimum Gasteiger partial charge on any atom is -0.234 e. The maximum Gasteiger partial charge on any atom is 0.0652 e. The quantitative estimate of drug-likeness (QED) is 0.440. The van der Waals surface area contributed by atoms with Gasteiger partial charge in [-0.25, -0.2) is 5.01 Å². The summed E-state index contributed by atoms with van der Waals surface area (Å²) in [5.41, 5.74) is 3.11. The highest BCUT2D eigenvalue weighted by Crippen LogP contribution is 2.25. The third kappa shape index (κ3) is 3.62. The second kappa shape index (κ2) is 7.05. The van der Waals surface area contributed by atoms with Crippen molar-refractivity contribution in [1.29, 1.82) is 0 Å². The predicted octanol–water partition coefficient (Wildman–Crippen LogP) is 5.62. The van der Waals surface area contributed by atoms with E-state index in [1.165, 1.54) is 0 Å². The molecule has 0 aliphatic rings. The number of para-hydroxylation sites is 2. The molecule has 0 saturated heterocycles. The van der Waals surface area contributed by atoms with Crippen LogP contribution in [0.15, 0.2) is 94.5 Å². The van der Waals surface area contributed by atoms with E-state index in [1.54, 1.807) is 0 Å². The van der Waals surface area contributed by atoms with Crippen LogP contribution in [-0.4, -0.2) is 6.21 Å². The normalized spacial score (nSPS) is 10.8. The van der Waals surface area contributed by atoms with Gasteiger partial charge in [0.05, 0.1) is 17.6 Å². The zero-order chi connectivity index (χ0) is 15.2. The van der Waals surface area contributed by atoms with Crippen LogP contribution in [-0.2, 0) is 0 Å². The van der Waals surface area contributed by atoms with Crippen LogP contribution in [0.3, 0.4) is 0 Å². The van der Waals surface area contributed by atoms with Gasteiger partial charge in [0, 0.05) is 4.47 Å². The molecule has 0 radical (unpaired) electrons. The molecule has 0 spiro atoms. The first kappa shape index (κ1) is 14.5. The molecule has 0 saturated carbocycles. The molecule has 2 nitrogen and oxygen atoms in total. The molecule has 0 fully saturated rings. The van der Waals surface area contributed by atoms with E-state index < -0.39 is 0 Å². The van der Waals surface area contributed by atoms with Gasteiger partial charge in [0.1, 0.15) is 0 Å². The fourth-order valence-electron chi connectivity index (χ4n) is 2.09. The van der Waals surface area contributed by atoms with Crippen molar-refractivity contribution < 1.29 is 0 Å². The number of anilines is 2. The van der Waals surface area contributed by atoms with Gasteiger partial charge in [0.15, 0.2) is 0 Å².